The number of nitrogens with one attached hydrogen (secondary N) is 1. The molecule has 0 atom stereocenters. The Bertz CT molecular complexity index is 766. The van der Waals surface area contributed by atoms with Gasteiger partial charge in [0.25, 0.3) is 5.91 Å². The van der Waals surface area contributed by atoms with E-state index in [0.717, 1.165) is 30.0 Å². The topological polar surface area (TPSA) is 82.5 Å². The maximum Gasteiger partial charge on any atom is 0.335 e. The number of benzene rings is 1. The van der Waals surface area contributed by atoms with Crippen molar-refractivity contribution in [3.05, 3.63) is 46.5 Å². The Morgan fingerprint density at radius 1 is 1.36 bits per heavy atom. The van der Waals surface area contributed by atoms with Crippen molar-refractivity contribution in [3.8, 4) is 0 Å². The van der Waals surface area contributed by atoms with Crippen molar-refractivity contribution in [2.24, 2.45) is 5.92 Å². The molecular weight excluding hydrogens is 338 g/mol. The number of hydrogen-bond acceptors (Lipinski definition) is 5. The molecule has 7 heteroatoms. The van der Waals surface area contributed by atoms with E-state index in [1.165, 1.54) is 11.3 Å². The van der Waals surface area contributed by atoms with Crippen LogP contribution in [0.2, 0.25) is 0 Å². The standard InChI is InChI=1S/C18H21N3O3S/c1-19-18-20-15(11-25-18)16(22)21-7-5-12(6-8-21)9-13-3-2-4-14(10-13)17(23)24/h2-4,10-12H,5-9H2,1H3,(H,19,20)(H,23,24). The highest BCUT2D eigenvalue weighted by molar-refractivity contribution is 7.13. The van der Waals surface area contributed by atoms with Gasteiger partial charge in [-0.3, -0.25) is 4.79 Å². The number of carboxylic acid groups (broad SMARTS) is 1. The number of nitrogens with zero attached hydrogens (tertiary/aromatic N) is 2. The molecule has 25 heavy (non-hydrogen) atoms. The van der Waals surface area contributed by atoms with Gasteiger partial charge < -0.3 is 15.3 Å². The van der Waals surface area contributed by atoms with Gasteiger partial charge >= 0.3 is 5.97 Å². The number of aromatic nitrogens is 1. The van der Waals surface area contributed by atoms with E-state index in [0.29, 0.717) is 30.3 Å². The monoisotopic (exact) mass is 359 g/mol. The summed E-state index contributed by atoms with van der Waals surface area (Å²) in [6, 6.07) is 7.12. The second-order valence-electron chi connectivity index (χ2n) is 6.23. The number of anilines is 1. The van der Waals surface area contributed by atoms with Crippen LogP contribution in [0.3, 0.4) is 0 Å². The SMILES string of the molecule is CNc1nc(C(=O)N2CCC(Cc3cccc(C(=O)O)c3)CC2)cs1. The van der Waals surface area contributed by atoms with E-state index in [2.05, 4.69) is 10.3 Å². The van der Waals surface area contributed by atoms with Crippen LogP contribution in [0.4, 0.5) is 5.13 Å². The molecule has 1 aliphatic heterocycles. The Morgan fingerprint density at radius 2 is 2.12 bits per heavy atom. The normalized spacial score (nSPS) is 15.2. The van der Waals surface area contributed by atoms with Crippen molar-refractivity contribution in [2.45, 2.75) is 19.3 Å². The summed E-state index contributed by atoms with van der Waals surface area (Å²) in [6.45, 7) is 1.43. The van der Waals surface area contributed by atoms with Crippen LogP contribution in [0.5, 0.6) is 0 Å². The van der Waals surface area contributed by atoms with Crippen molar-refractivity contribution in [1.82, 2.24) is 9.88 Å². The average molecular weight is 359 g/mol. The predicted octanol–water partition coefficient (Wildman–Crippen LogP) is 2.98. The molecule has 0 radical (unpaired) electrons. The smallest absolute Gasteiger partial charge is 0.335 e. The first-order chi connectivity index (χ1) is 12.1. The van der Waals surface area contributed by atoms with Gasteiger partial charge in [-0.05, 0) is 42.9 Å². The Kier molecular flexibility index (Phi) is 5.33. The first kappa shape index (κ1) is 17.4. The van der Waals surface area contributed by atoms with E-state index in [1.807, 2.05) is 11.0 Å². The van der Waals surface area contributed by atoms with Crippen LogP contribution < -0.4 is 5.32 Å². The van der Waals surface area contributed by atoms with Gasteiger partial charge in [0.1, 0.15) is 5.69 Å². The fraction of sp³-hybridized carbons (Fsp3) is 0.389. The third-order valence-corrected chi connectivity index (χ3v) is 5.40. The van der Waals surface area contributed by atoms with Gasteiger partial charge in [0, 0.05) is 25.5 Å². The summed E-state index contributed by atoms with van der Waals surface area (Å²) in [5.74, 6) is -0.438. The maximum atomic E-state index is 12.5. The van der Waals surface area contributed by atoms with Gasteiger partial charge in [-0.1, -0.05) is 12.1 Å². The Balaban J connectivity index is 1.55. The minimum Gasteiger partial charge on any atom is -0.478 e. The number of piperidine rings is 1. The summed E-state index contributed by atoms with van der Waals surface area (Å²) in [5, 5.41) is 14.6. The van der Waals surface area contributed by atoms with Gasteiger partial charge in [-0.15, -0.1) is 11.3 Å². The molecule has 1 aliphatic rings. The minimum atomic E-state index is -0.897. The first-order valence-corrected chi connectivity index (χ1v) is 9.19. The lowest BCUT2D eigenvalue weighted by Crippen LogP contribution is -2.39. The molecule has 0 aliphatic carbocycles. The van der Waals surface area contributed by atoms with Crippen LogP contribution in [0.1, 0.15) is 39.3 Å². The summed E-state index contributed by atoms with van der Waals surface area (Å²) in [6.07, 6.45) is 2.70. The molecule has 6 nitrogen and oxygen atoms in total. The lowest BCUT2D eigenvalue weighted by Gasteiger charge is -2.31. The van der Waals surface area contributed by atoms with Crippen molar-refractivity contribution in [2.75, 3.05) is 25.5 Å². The van der Waals surface area contributed by atoms with E-state index < -0.39 is 5.97 Å². The third kappa shape index (κ3) is 4.17. The molecule has 2 heterocycles. The molecule has 2 N–H and O–H groups in total. The van der Waals surface area contributed by atoms with Crippen molar-refractivity contribution in [3.63, 3.8) is 0 Å². The van der Waals surface area contributed by atoms with Gasteiger partial charge in [0.15, 0.2) is 5.13 Å². The van der Waals surface area contributed by atoms with Crippen molar-refractivity contribution >= 4 is 28.3 Å². The zero-order valence-corrected chi connectivity index (χ0v) is 14.9. The quantitative estimate of drug-likeness (QED) is 0.858. The predicted molar refractivity (Wildman–Crippen MR) is 97.4 cm³/mol. The Labute approximate surface area is 150 Å². The number of hydrogen-bond donors (Lipinski definition) is 2. The number of likely N-dealkylation sites (tertiary alicyclic amines) is 1. The number of carboxylic acids is 1. The zero-order chi connectivity index (χ0) is 17.8. The number of aromatic carboxylic acids is 1. The summed E-state index contributed by atoms with van der Waals surface area (Å²) in [4.78, 5) is 29.7. The number of thiazole rings is 1. The lowest BCUT2D eigenvalue weighted by molar-refractivity contribution is 0.0678. The van der Waals surface area contributed by atoms with Crippen molar-refractivity contribution < 1.29 is 14.7 Å². The molecule has 132 valence electrons. The first-order valence-electron chi connectivity index (χ1n) is 8.31. The van der Waals surface area contributed by atoms with Crippen LogP contribution in [0, 0.1) is 5.92 Å². The second-order valence-corrected chi connectivity index (χ2v) is 7.09. The second kappa shape index (κ2) is 7.65. The fourth-order valence-corrected chi connectivity index (χ4v) is 3.80. The van der Waals surface area contributed by atoms with Gasteiger partial charge in [0.05, 0.1) is 5.56 Å². The maximum absolute atomic E-state index is 12.5. The molecule has 1 amide bonds. The molecule has 3 rings (SSSR count). The molecule has 1 saturated heterocycles. The van der Waals surface area contributed by atoms with E-state index in [-0.39, 0.29) is 5.91 Å². The van der Waals surface area contributed by atoms with Crippen molar-refractivity contribution in [1.29, 1.82) is 0 Å². The van der Waals surface area contributed by atoms with Crippen LogP contribution in [0.25, 0.3) is 0 Å². The number of carbonyl (C=O) groups excluding carboxylic acids is 1. The Hall–Kier alpha value is -2.41. The molecule has 0 saturated carbocycles. The van der Waals surface area contributed by atoms with Crippen LogP contribution >= 0.6 is 11.3 Å². The zero-order valence-electron chi connectivity index (χ0n) is 14.1. The highest BCUT2D eigenvalue weighted by Crippen LogP contribution is 2.24. The highest BCUT2D eigenvalue weighted by Gasteiger charge is 2.25. The van der Waals surface area contributed by atoms with E-state index in [1.54, 1.807) is 30.6 Å². The summed E-state index contributed by atoms with van der Waals surface area (Å²) < 4.78 is 0. The largest absolute Gasteiger partial charge is 0.478 e. The number of carbonyl (C=O) groups is 2. The molecular formula is C18H21N3O3S. The summed E-state index contributed by atoms with van der Waals surface area (Å²) >= 11 is 1.43. The van der Waals surface area contributed by atoms with Gasteiger partial charge in [-0.2, -0.15) is 0 Å². The number of rotatable bonds is 5. The number of amides is 1. The van der Waals surface area contributed by atoms with Gasteiger partial charge in [0.2, 0.25) is 0 Å². The molecule has 0 spiro atoms. The summed E-state index contributed by atoms with van der Waals surface area (Å²) in [5.41, 5.74) is 1.87. The minimum absolute atomic E-state index is 0.0101. The highest BCUT2D eigenvalue weighted by atomic mass is 32.1. The third-order valence-electron chi connectivity index (χ3n) is 4.54. The van der Waals surface area contributed by atoms with E-state index >= 15 is 0 Å². The molecule has 0 bridgehead atoms. The fourth-order valence-electron chi connectivity index (χ4n) is 3.15. The lowest BCUT2D eigenvalue weighted by atomic mass is 9.89. The van der Waals surface area contributed by atoms with E-state index in [9.17, 15) is 9.59 Å². The van der Waals surface area contributed by atoms with Crippen LogP contribution in [-0.2, 0) is 6.42 Å². The van der Waals surface area contributed by atoms with Crippen LogP contribution in [0.15, 0.2) is 29.6 Å². The average Bonchev–Trinajstić information content (AvgIpc) is 3.11. The summed E-state index contributed by atoms with van der Waals surface area (Å²) in [7, 11) is 1.79. The van der Waals surface area contributed by atoms with E-state index in [4.69, 9.17) is 5.11 Å². The van der Waals surface area contributed by atoms with Gasteiger partial charge in [-0.25, -0.2) is 9.78 Å². The molecule has 1 aromatic heterocycles. The van der Waals surface area contributed by atoms with Crippen LogP contribution in [-0.4, -0.2) is 47.0 Å². The Morgan fingerprint density at radius 3 is 2.76 bits per heavy atom. The molecule has 1 fully saturated rings. The molecule has 0 unspecified atom stereocenters. The molecule has 2 aromatic rings. The molecule has 1 aromatic carbocycles.